The number of ether oxygens (including phenoxy) is 1. The molecule has 0 bridgehead atoms. The quantitative estimate of drug-likeness (QED) is 0.329. The SMILES string of the molecule is C=CCNc1cc(C)c(C)c(N2CCc3c(nc(OC[C@@H]4CC(F)(F)CN4C)nc3N3CCN(C(=O)C(=C)F)CC3)C2)c1C. The largest absolute Gasteiger partial charge is 0.462 e. The highest BCUT2D eigenvalue weighted by atomic mass is 19.3. The number of amides is 1. The van der Waals surface area contributed by atoms with Crippen LogP contribution in [0.2, 0.25) is 0 Å². The molecule has 0 spiro atoms. The molecule has 0 saturated carbocycles. The minimum absolute atomic E-state index is 0.0450. The number of fused-ring (bicyclic) bond motifs is 1. The minimum atomic E-state index is -2.75. The Morgan fingerprint density at radius 1 is 1.14 bits per heavy atom. The van der Waals surface area contributed by atoms with Crippen molar-refractivity contribution in [2.45, 2.75) is 52.1 Å². The summed E-state index contributed by atoms with van der Waals surface area (Å²) in [5.74, 6) is -3.71. The number of alkyl halides is 2. The maximum absolute atomic E-state index is 14.0. The molecule has 2 aromatic rings. The summed E-state index contributed by atoms with van der Waals surface area (Å²) in [5, 5.41) is 3.45. The molecule has 238 valence electrons. The van der Waals surface area contributed by atoms with E-state index in [1.807, 2.05) is 6.08 Å². The van der Waals surface area contributed by atoms with E-state index >= 15 is 0 Å². The van der Waals surface area contributed by atoms with E-state index in [-0.39, 0.29) is 25.6 Å². The molecule has 9 nitrogen and oxygen atoms in total. The van der Waals surface area contributed by atoms with Crippen LogP contribution in [0, 0.1) is 20.8 Å². The second-order valence-corrected chi connectivity index (χ2v) is 12.1. The standard InChI is InChI=1S/C32H42F3N7O2/c1-7-9-36-26-15-20(2)21(3)28(22(26)4)42-10-8-25-27(17-42)37-31(44-18-24-16-32(34,35)19-39(24)6)38-29(25)40-11-13-41(14-12-40)30(43)23(5)33/h7,15,24,36H,1,5,8-14,16-19H2,2-4,6H3/t24-/m0/s1. The van der Waals surface area contributed by atoms with Crippen molar-refractivity contribution in [3.8, 4) is 6.01 Å². The maximum atomic E-state index is 14.0. The summed E-state index contributed by atoms with van der Waals surface area (Å²) in [6.45, 7) is 16.5. The van der Waals surface area contributed by atoms with Gasteiger partial charge in [0.05, 0.1) is 18.8 Å². The van der Waals surface area contributed by atoms with Crippen molar-refractivity contribution in [1.82, 2.24) is 19.8 Å². The third-order valence-electron chi connectivity index (χ3n) is 8.98. The van der Waals surface area contributed by atoms with Gasteiger partial charge in [0.2, 0.25) is 0 Å². The fourth-order valence-corrected chi connectivity index (χ4v) is 6.48. The number of carbonyl (C=O) groups excluding carboxylic acids is 1. The second-order valence-electron chi connectivity index (χ2n) is 12.1. The van der Waals surface area contributed by atoms with Crippen molar-refractivity contribution in [2.75, 3.05) is 74.6 Å². The summed E-state index contributed by atoms with van der Waals surface area (Å²) < 4.78 is 47.6. The number of anilines is 3. The first-order valence-corrected chi connectivity index (χ1v) is 15.1. The Morgan fingerprint density at radius 2 is 1.86 bits per heavy atom. The first-order chi connectivity index (χ1) is 20.9. The Balaban J connectivity index is 1.45. The Labute approximate surface area is 257 Å². The summed E-state index contributed by atoms with van der Waals surface area (Å²) in [6, 6.07) is 1.85. The molecule has 12 heteroatoms. The number of likely N-dealkylation sites (N-methyl/N-ethyl adjacent to an activating group) is 1. The summed E-state index contributed by atoms with van der Waals surface area (Å²) in [4.78, 5) is 29.2. The van der Waals surface area contributed by atoms with Crippen LogP contribution < -0.4 is 19.9 Å². The lowest BCUT2D eigenvalue weighted by molar-refractivity contribution is -0.128. The van der Waals surface area contributed by atoms with Gasteiger partial charge in [0.25, 0.3) is 11.8 Å². The van der Waals surface area contributed by atoms with Crippen molar-refractivity contribution in [3.63, 3.8) is 0 Å². The van der Waals surface area contributed by atoms with Gasteiger partial charge in [0.15, 0.2) is 5.83 Å². The molecule has 5 rings (SSSR count). The Bertz CT molecular complexity index is 1440. The zero-order chi connectivity index (χ0) is 31.8. The molecule has 2 saturated heterocycles. The number of nitrogens with one attached hydrogen (secondary N) is 1. The number of piperazine rings is 1. The zero-order valence-electron chi connectivity index (χ0n) is 26.1. The van der Waals surface area contributed by atoms with Crippen LogP contribution in [0.5, 0.6) is 6.01 Å². The lowest BCUT2D eigenvalue weighted by Crippen LogP contribution is -2.49. The highest BCUT2D eigenvalue weighted by Crippen LogP contribution is 2.38. The number of rotatable bonds is 9. The first kappa shape index (κ1) is 31.6. The van der Waals surface area contributed by atoms with E-state index in [2.05, 4.69) is 55.1 Å². The highest BCUT2D eigenvalue weighted by Gasteiger charge is 2.43. The Hall–Kier alpha value is -3.80. The number of halogens is 3. The number of likely N-dealkylation sites (tertiary alicyclic amines) is 1. The van der Waals surface area contributed by atoms with Crippen LogP contribution in [0.1, 0.15) is 34.4 Å². The average Bonchev–Trinajstić information content (AvgIpc) is 3.27. The maximum Gasteiger partial charge on any atom is 0.318 e. The fraction of sp³-hybridized carbons (Fsp3) is 0.531. The molecule has 1 aromatic carbocycles. The summed E-state index contributed by atoms with van der Waals surface area (Å²) in [7, 11) is 1.67. The van der Waals surface area contributed by atoms with Crippen molar-refractivity contribution in [1.29, 1.82) is 0 Å². The number of aromatic nitrogens is 2. The van der Waals surface area contributed by atoms with Gasteiger partial charge in [0, 0.05) is 68.7 Å². The van der Waals surface area contributed by atoms with Crippen molar-refractivity contribution in [2.24, 2.45) is 0 Å². The zero-order valence-corrected chi connectivity index (χ0v) is 26.1. The Kier molecular flexibility index (Phi) is 9.10. The van der Waals surface area contributed by atoms with Gasteiger partial charge < -0.3 is 24.8 Å². The first-order valence-electron chi connectivity index (χ1n) is 15.1. The van der Waals surface area contributed by atoms with Crippen LogP contribution >= 0.6 is 0 Å². The molecule has 3 aliphatic rings. The van der Waals surface area contributed by atoms with Crippen LogP contribution in [-0.2, 0) is 17.8 Å². The van der Waals surface area contributed by atoms with Crippen LogP contribution in [0.15, 0.2) is 31.1 Å². The van der Waals surface area contributed by atoms with Crippen LogP contribution in [0.25, 0.3) is 0 Å². The van der Waals surface area contributed by atoms with E-state index in [9.17, 15) is 18.0 Å². The van der Waals surface area contributed by atoms with Gasteiger partial charge in [-0.2, -0.15) is 9.97 Å². The van der Waals surface area contributed by atoms with Gasteiger partial charge in [-0.1, -0.05) is 12.7 Å². The predicted octanol–water partition coefficient (Wildman–Crippen LogP) is 4.41. The normalized spacial score (nSPS) is 20.0. The smallest absolute Gasteiger partial charge is 0.318 e. The molecular formula is C32H42F3N7O2. The van der Waals surface area contributed by atoms with Gasteiger partial charge in [-0.15, -0.1) is 6.58 Å². The number of hydrogen-bond acceptors (Lipinski definition) is 8. The molecule has 1 N–H and O–H groups in total. The number of aryl methyl sites for hydroxylation is 1. The fourth-order valence-electron chi connectivity index (χ4n) is 6.48. The Morgan fingerprint density at radius 3 is 2.50 bits per heavy atom. The van der Waals surface area contributed by atoms with Crippen molar-refractivity contribution >= 4 is 23.1 Å². The number of nitrogens with zero attached hydrogens (tertiary/aromatic N) is 6. The average molecular weight is 614 g/mol. The van der Waals surface area contributed by atoms with Crippen molar-refractivity contribution in [3.05, 3.63) is 59.1 Å². The van der Waals surface area contributed by atoms with E-state index < -0.39 is 23.7 Å². The second kappa shape index (κ2) is 12.7. The van der Waals surface area contributed by atoms with Gasteiger partial charge in [-0.3, -0.25) is 9.69 Å². The summed E-state index contributed by atoms with van der Waals surface area (Å²) in [5.41, 5.74) is 7.54. The minimum Gasteiger partial charge on any atom is -0.462 e. The van der Waals surface area contributed by atoms with Crippen LogP contribution in [0.4, 0.5) is 30.4 Å². The van der Waals surface area contributed by atoms with Crippen molar-refractivity contribution < 1.29 is 22.7 Å². The third-order valence-corrected chi connectivity index (χ3v) is 8.98. The van der Waals surface area contributed by atoms with Crippen LogP contribution in [0.3, 0.4) is 0 Å². The van der Waals surface area contributed by atoms with E-state index in [1.54, 1.807) is 11.9 Å². The van der Waals surface area contributed by atoms with Gasteiger partial charge >= 0.3 is 6.01 Å². The lowest BCUT2D eigenvalue weighted by atomic mass is 9.97. The number of carbonyl (C=O) groups is 1. The molecule has 0 unspecified atom stereocenters. The molecule has 3 aliphatic heterocycles. The third kappa shape index (κ3) is 6.50. The number of benzene rings is 1. The molecule has 0 radical (unpaired) electrons. The molecule has 1 amide bonds. The molecule has 0 aliphatic carbocycles. The topological polar surface area (TPSA) is 77.1 Å². The van der Waals surface area contributed by atoms with Crippen LogP contribution in [-0.4, -0.2) is 97.1 Å². The van der Waals surface area contributed by atoms with E-state index in [0.29, 0.717) is 51.5 Å². The van der Waals surface area contributed by atoms with Gasteiger partial charge in [-0.05, 0) is 57.0 Å². The lowest BCUT2D eigenvalue weighted by Gasteiger charge is -2.38. The molecule has 2 fully saturated rings. The molecular weight excluding hydrogens is 571 g/mol. The molecule has 1 aromatic heterocycles. The number of hydrogen-bond donors (Lipinski definition) is 1. The monoisotopic (exact) mass is 613 g/mol. The van der Waals surface area contributed by atoms with E-state index in [1.165, 1.54) is 16.0 Å². The molecule has 4 heterocycles. The van der Waals surface area contributed by atoms with Gasteiger partial charge in [-0.25, -0.2) is 13.2 Å². The van der Waals surface area contributed by atoms with E-state index in [4.69, 9.17) is 14.7 Å². The highest BCUT2D eigenvalue weighted by molar-refractivity contribution is 5.90. The predicted molar refractivity (Wildman–Crippen MR) is 167 cm³/mol. The van der Waals surface area contributed by atoms with Gasteiger partial charge in [0.1, 0.15) is 12.4 Å². The summed E-state index contributed by atoms with van der Waals surface area (Å²) >= 11 is 0. The molecule has 44 heavy (non-hydrogen) atoms. The molecule has 1 atom stereocenters. The summed E-state index contributed by atoms with van der Waals surface area (Å²) in [6.07, 6.45) is 2.24. The van der Waals surface area contributed by atoms with E-state index in [0.717, 1.165) is 34.7 Å².